The standard InChI is InChI=1S/C8H6ClFO3.C8H7FO3/c1-13-8(12)4-2-5(9)7(11)3-6(4)10;1-12-8(11)6-3-2-5(10)4-7(6)9/h2-3,11H,1H3;2-4,10H,1H3. The zero-order valence-electron chi connectivity index (χ0n) is 13.0. The number of esters is 2. The van der Waals surface area contributed by atoms with Crippen molar-refractivity contribution in [3.8, 4) is 11.5 Å². The molecule has 134 valence electrons. The van der Waals surface area contributed by atoms with Gasteiger partial charge in [0.05, 0.1) is 30.4 Å². The fraction of sp³-hybridized carbons (Fsp3) is 0.125. The van der Waals surface area contributed by atoms with Crippen molar-refractivity contribution < 1.29 is 38.1 Å². The van der Waals surface area contributed by atoms with Crippen LogP contribution in [-0.4, -0.2) is 36.4 Å². The molecule has 25 heavy (non-hydrogen) atoms. The first-order valence-electron chi connectivity index (χ1n) is 6.54. The van der Waals surface area contributed by atoms with Crippen molar-refractivity contribution in [2.24, 2.45) is 0 Å². The van der Waals surface area contributed by atoms with Crippen LogP contribution in [0.5, 0.6) is 11.5 Å². The number of phenolic OH excluding ortho intramolecular Hbond substituents is 2. The van der Waals surface area contributed by atoms with E-state index in [0.29, 0.717) is 0 Å². The lowest BCUT2D eigenvalue weighted by atomic mass is 10.2. The smallest absolute Gasteiger partial charge is 0.340 e. The summed E-state index contributed by atoms with van der Waals surface area (Å²) < 4.78 is 34.4. The van der Waals surface area contributed by atoms with Gasteiger partial charge in [0.2, 0.25) is 0 Å². The molecule has 0 fully saturated rings. The minimum Gasteiger partial charge on any atom is -0.508 e. The molecule has 0 aliphatic rings. The average molecular weight is 375 g/mol. The van der Waals surface area contributed by atoms with Crippen molar-refractivity contribution in [3.63, 3.8) is 0 Å². The van der Waals surface area contributed by atoms with Crippen molar-refractivity contribution in [1.29, 1.82) is 0 Å². The first-order valence-corrected chi connectivity index (χ1v) is 6.92. The van der Waals surface area contributed by atoms with E-state index in [1.54, 1.807) is 0 Å². The molecule has 0 saturated carbocycles. The molecule has 0 spiro atoms. The summed E-state index contributed by atoms with van der Waals surface area (Å²) in [5, 5.41) is 17.7. The molecule has 0 bridgehead atoms. The number of methoxy groups -OCH3 is 2. The fourth-order valence-electron chi connectivity index (χ4n) is 1.58. The van der Waals surface area contributed by atoms with Crippen LogP contribution in [0.15, 0.2) is 30.3 Å². The molecule has 2 rings (SSSR count). The number of phenols is 2. The van der Waals surface area contributed by atoms with Crippen molar-refractivity contribution in [2.75, 3.05) is 14.2 Å². The van der Waals surface area contributed by atoms with Gasteiger partial charge in [0, 0.05) is 12.1 Å². The normalized spacial score (nSPS) is 9.64. The molecule has 0 aliphatic carbocycles. The van der Waals surface area contributed by atoms with Crippen molar-refractivity contribution in [1.82, 2.24) is 0 Å². The van der Waals surface area contributed by atoms with Gasteiger partial charge in [-0.2, -0.15) is 0 Å². The summed E-state index contributed by atoms with van der Waals surface area (Å²) in [6, 6.07) is 5.00. The van der Waals surface area contributed by atoms with Gasteiger partial charge in [-0.3, -0.25) is 0 Å². The Morgan fingerprint density at radius 2 is 1.44 bits per heavy atom. The molecule has 6 nitrogen and oxygen atoms in total. The molecular weight excluding hydrogens is 362 g/mol. The van der Waals surface area contributed by atoms with Gasteiger partial charge in [-0.25, -0.2) is 18.4 Å². The summed E-state index contributed by atoms with van der Waals surface area (Å²) in [5.74, 6) is -3.88. The third-order valence-corrected chi connectivity index (χ3v) is 3.10. The Morgan fingerprint density at radius 3 is 1.96 bits per heavy atom. The predicted octanol–water partition coefficient (Wildman–Crippen LogP) is 3.29. The molecule has 0 radical (unpaired) electrons. The molecule has 0 aromatic heterocycles. The first-order chi connectivity index (χ1) is 11.7. The molecule has 9 heteroatoms. The topological polar surface area (TPSA) is 93.1 Å². The van der Waals surface area contributed by atoms with Gasteiger partial charge in [0.1, 0.15) is 23.1 Å². The SMILES string of the molecule is COC(=O)c1cc(Cl)c(O)cc1F.COC(=O)c1ccc(O)cc1F. The molecule has 0 saturated heterocycles. The summed E-state index contributed by atoms with van der Waals surface area (Å²) >= 11 is 5.46. The van der Waals surface area contributed by atoms with Gasteiger partial charge < -0.3 is 19.7 Å². The largest absolute Gasteiger partial charge is 0.508 e. The Kier molecular flexibility index (Phi) is 7.13. The van der Waals surface area contributed by atoms with Crippen LogP contribution in [0.4, 0.5) is 8.78 Å². The van der Waals surface area contributed by atoms with Crippen LogP contribution in [0.25, 0.3) is 0 Å². The van der Waals surface area contributed by atoms with Gasteiger partial charge in [0.25, 0.3) is 0 Å². The summed E-state index contributed by atoms with van der Waals surface area (Å²) in [6.07, 6.45) is 0. The Labute approximate surface area is 146 Å². The minimum absolute atomic E-state index is 0.0956. The van der Waals surface area contributed by atoms with Crippen LogP contribution in [0.1, 0.15) is 20.7 Å². The van der Waals surface area contributed by atoms with E-state index in [4.69, 9.17) is 21.8 Å². The van der Waals surface area contributed by atoms with E-state index in [1.165, 1.54) is 6.07 Å². The molecular formula is C16H13ClF2O6. The second-order valence-electron chi connectivity index (χ2n) is 4.43. The van der Waals surface area contributed by atoms with Crippen LogP contribution in [0.3, 0.4) is 0 Å². The van der Waals surface area contributed by atoms with Crippen molar-refractivity contribution >= 4 is 23.5 Å². The van der Waals surface area contributed by atoms with Crippen molar-refractivity contribution in [2.45, 2.75) is 0 Å². The Morgan fingerprint density at radius 1 is 0.920 bits per heavy atom. The molecule has 2 aromatic carbocycles. The lowest BCUT2D eigenvalue weighted by molar-refractivity contribution is 0.0586. The average Bonchev–Trinajstić information content (AvgIpc) is 2.57. The van der Waals surface area contributed by atoms with E-state index in [2.05, 4.69) is 9.47 Å². The molecule has 2 aromatic rings. The highest BCUT2D eigenvalue weighted by Gasteiger charge is 2.15. The highest BCUT2D eigenvalue weighted by atomic mass is 35.5. The van der Waals surface area contributed by atoms with E-state index < -0.39 is 29.3 Å². The maximum absolute atomic E-state index is 12.9. The zero-order chi connectivity index (χ0) is 19.1. The molecule has 0 atom stereocenters. The summed E-state index contributed by atoms with van der Waals surface area (Å²) in [4.78, 5) is 21.7. The third kappa shape index (κ3) is 5.32. The number of hydrogen-bond acceptors (Lipinski definition) is 6. The predicted molar refractivity (Wildman–Crippen MR) is 83.8 cm³/mol. The van der Waals surface area contributed by atoms with E-state index in [-0.39, 0.29) is 21.9 Å². The molecule has 2 N–H and O–H groups in total. The molecule has 0 aliphatic heterocycles. The Balaban J connectivity index is 0.000000251. The second-order valence-corrected chi connectivity index (χ2v) is 4.84. The number of aromatic hydroxyl groups is 2. The lowest BCUT2D eigenvalue weighted by Crippen LogP contribution is -2.04. The van der Waals surface area contributed by atoms with E-state index in [9.17, 15) is 18.4 Å². The summed E-state index contributed by atoms with van der Waals surface area (Å²) in [6.45, 7) is 0. The molecule has 0 heterocycles. The Bertz CT molecular complexity index is 794. The van der Waals surface area contributed by atoms with Crippen LogP contribution >= 0.6 is 11.6 Å². The number of halogens is 3. The Hall–Kier alpha value is -2.87. The maximum Gasteiger partial charge on any atom is 0.340 e. The highest BCUT2D eigenvalue weighted by molar-refractivity contribution is 6.32. The number of rotatable bonds is 2. The van der Waals surface area contributed by atoms with E-state index in [0.717, 1.165) is 38.5 Å². The number of carbonyl (C=O) groups excluding carboxylic acids is 2. The minimum atomic E-state index is -0.867. The number of hydrogen-bond donors (Lipinski definition) is 2. The molecule has 0 unspecified atom stereocenters. The van der Waals surface area contributed by atoms with Crippen LogP contribution in [-0.2, 0) is 9.47 Å². The summed E-state index contributed by atoms with van der Waals surface area (Å²) in [7, 11) is 2.29. The van der Waals surface area contributed by atoms with Gasteiger partial charge in [-0.15, -0.1) is 0 Å². The van der Waals surface area contributed by atoms with Crippen LogP contribution in [0.2, 0.25) is 5.02 Å². The third-order valence-electron chi connectivity index (χ3n) is 2.80. The lowest BCUT2D eigenvalue weighted by Gasteiger charge is -2.02. The number of ether oxygens (including phenoxy) is 2. The van der Waals surface area contributed by atoms with Gasteiger partial charge in [-0.1, -0.05) is 11.6 Å². The number of benzene rings is 2. The molecule has 0 amide bonds. The highest BCUT2D eigenvalue weighted by Crippen LogP contribution is 2.26. The van der Waals surface area contributed by atoms with Gasteiger partial charge in [0.15, 0.2) is 0 Å². The fourth-order valence-corrected chi connectivity index (χ4v) is 1.75. The quantitative estimate of drug-likeness (QED) is 0.783. The van der Waals surface area contributed by atoms with E-state index >= 15 is 0 Å². The monoisotopic (exact) mass is 374 g/mol. The van der Waals surface area contributed by atoms with E-state index in [1.807, 2.05) is 0 Å². The zero-order valence-corrected chi connectivity index (χ0v) is 13.8. The van der Waals surface area contributed by atoms with Crippen molar-refractivity contribution in [3.05, 3.63) is 58.1 Å². The first kappa shape index (κ1) is 20.2. The second kappa shape index (κ2) is 8.84. The van der Waals surface area contributed by atoms with Crippen LogP contribution in [0, 0.1) is 11.6 Å². The van der Waals surface area contributed by atoms with Crippen LogP contribution < -0.4 is 0 Å². The van der Waals surface area contributed by atoms with Gasteiger partial charge >= 0.3 is 11.9 Å². The number of carbonyl (C=O) groups is 2. The van der Waals surface area contributed by atoms with Gasteiger partial charge in [-0.05, 0) is 18.2 Å². The maximum atomic E-state index is 12.9. The summed E-state index contributed by atoms with van der Waals surface area (Å²) in [5.41, 5.74) is -0.486.